The quantitative estimate of drug-likeness (QED) is 0.812. The van der Waals surface area contributed by atoms with Crippen LogP contribution in [0.5, 0.6) is 5.75 Å². The molecule has 0 atom stereocenters. The molecule has 0 unspecified atom stereocenters. The molecule has 5 heteroatoms. The molecule has 16 heavy (non-hydrogen) atoms. The van der Waals surface area contributed by atoms with Gasteiger partial charge in [0, 0.05) is 6.20 Å². The van der Waals surface area contributed by atoms with E-state index in [1.807, 2.05) is 0 Å². The largest absolute Gasteiger partial charge is 0.494 e. The minimum absolute atomic E-state index is 0.240. The third-order valence-electron chi connectivity index (χ3n) is 2.07. The van der Waals surface area contributed by atoms with Crippen LogP contribution in [0.25, 0.3) is 0 Å². The summed E-state index contributed by atoms with van der Waals surface area (Å²) in [5.74, 6) is 0.441. The molecule has 0 radical (unpaired) electrons. The minimum atomic E-state index is -0.240. The van der Waals surface area contributed by atoms with E-state index in [0.29, 0.717) is 15.8 Å². The number of halogens is 1. The molecule has 0 saturated heterocycles. The Kier molecular flexibility index (Phi) is 3.05. The summed E-state index contributed by atoms with van der Waals surface area (Å²) in [7, 11) is 1.49. The molecular weight excluding hydrogens is 274 g/mol. The molecule has 2 aromatic rings. The highest BCUT2D eigenvalue weighted by molar-refractivity contribution is 9.10. The number of hydrogen-bond acceptors (Lipinski definition) is 4. The van der Waals surface area contributed by atoms with Crippen LogP contribution in [0.3, 0.4) is 0 Å². The molecule has 0 aliphatic carbocycles. The Morgan fingerprint density at radius 2 is 2.31 bits per heavy atom. The second-order valence-corrected chi connectivity index (χ2v) is 3.86. The molecule has 0 amide bonds. The normalized spacial score (nSPS) is 10.1. The Labute approximate surface area is 100 Å². The van der Waals surface area contributed by atoms with Crippen LogP contribution in [-0.2, 0) is 0 Å². The van der Waals surface area contributed by atoms with Crippen LogP contribution in [0.2, 0.25) is 0 Å². The van der Waals surface area contributed by atoms with Crippen molar-refractivity contribution in [2.45, 2.75) is 0 Å². The summed E-state index contributed by atoms with van der Waals surface area (Å²) in [6.45, 7) is 0. The van der Waals surface area contributed by atoms with Crippen molar-refractivity contribution in [1.29, 1.82) is 0 Å². The number of aromatic nitrogens is 1. The van der Waals surface area contributed by atoms with Crippen LogP contribution in [-0.4, -0.2) is 17.9 Å². The Hall–Kier alpha value is -1.62. The highest BCUT2D eigenvalue weighted by atomic mass is 79.9. The molecule has 0 saturated carbocycles. The number of pyridine rings is 1. The van der Waals surface area contributed by atoms with Gasteiger partial charge in [-0.3, -0.25) is 9.78 Å². The van der Waals surface area contributed by atoms with Crippen molar-refractivity contribution in [3.05, 3.63) is 46.6 Å². The van der Waals surface area contributed by atoms with Gasteiger partial charge in [0.25, 0.3) is 0 Å². The second kappa shape index (κ2) is 4.49. The van der Waals surface area contributed by atoms with Gasteiger partial charge in [0.05, 0.1) is 29.6 Å². The molecule has 4 nitrogen and oxygen atoms in total. The number of methoxy groups -OCH3 is 1. The number of nitrogens with zero attached hydrogens (tertiary/aromatic N) is 1. The number of carbonyl (C=O) groups excluding carboxylic acids is 1. The van der Waals surface area contributed by atoms with E-state index < -0.39 is 0 Å². The number of furan rings is 1. The summed E-state index contributed by atoms with van der Waals surface area (Å²) in [6, 6.07) is 3.26. The third kappa shape index (κ3) is 1.86. The van der Waals surface area contributed by atoms with Crippen LogP contribution in [0.1, 0.15) is 16.1 Å². The molecule has 0 fully saturated rings. The monoisotopic (exact) mass is 281 g/mol. The van der Waals surface area contributed by atoms with E-state index in [2.05, 4.69) is 20.9 Å². The fourth-order valence-electron chi connectivity index (χ4n) is 1.31. The number of hydrogen-bond donors (Lipinski definition) is 0. The smallest absolute Gasteiger partial charge is 0.233 e. The molecule has 2 heterocycles. The minimum Gasteiger partial charge on any atom is -0.494 e. The van der Waals surface area contributed by atoms with Crippen molar-refractivity contribution in [2.24, 2.45) is 0 Å². The van der Waals surface area contributed by atoms with Gasteiger partial charge in [0.2, 0.25) is 5.78 Å². The molecule has 0 aromatic carbocycles. The van der Waals surface area contributed by atoms with E-state index >= 15 is 0 Å². The average Bonchev–Trinajstić information content (AvgIpc) is 2.74. The zero-order valence-corrected chi connectivity index (χ0v) is 10.0. The van der Waals surface area contributed by atoms with Gasteiger partial charge in [-0.05, 0) is 28.1 Å². The maximum Gasteiger partial charge on any atom is 0.233 e. The summed E-state index contributed by atoms with van der Waals surface area (Å²) >= 11 is 3.24. The van der Waals surface area contributed by atoms with Gasteiger partial charge in [0.15, 0.2) is 5.76 Å². The first-order valence-corrected chi connectivity index (χ1v) is 5.29. The molecule has 2 rings (SSSR count). The van der Waals surface area contributed by atoms with Crippen LogP contribution in [0, 0.1) is 0 Å². The maximum absolute atomic E-state index is 12.1. The topological polar surface area (TPSA) is 52.3 Å². The number of carbonyl (C=O) groups is 1. The first kappa shape index (κ1) is 10.9. The summed E-state index contributed by atoms with van der Waals surface area (Å²) in [4.78, 5) is 16.0. The lowest BCUT2D eigenvalue weighted by Gasteiger charge is -2.04. The van der Waals surface area contributed by atoms with Gasteiger partial charge in [-0.2, -0.15) is 0 Å². The van der Waals surface area contributed by atoms with E-state index in [-0.39, 0.29) is 11.5 Å². The average molecular weight is 282 g/mol. The highest BCUT2D eigenvalue weighted by Gasteiger charge is 2.19. The van der Waals surface area contributed by atoms with Crippen LogP contribution < -0.4 is 4.74 Å². The lowest BCUT2D eigenvalue weighted by atomic mass is 10.1. The zero-order chi connectivity index (χ0) is 11.5. The van der Waals surface area contributed by atoms with Crippen molar-refractivity contribution >= 4 is 21.7 Å². The Balaban J connectivity index is 2.46. The molecule has 0 aliphatic rings. The predicted octanol–water partition coefficient (Wildman–Crippen LogP) is 2.68. The maximum atomic E-state index is 12.1. The van der Waals surface area contributed by atoms with Gasteiger partial charge >= 0.3 is 0 Å². The molecule has 0 aliphatic heterocycles. The van der Waals surface area contributed by atoms with Crippen molar-refractivity contribution in [3.63, 3.8) is 0 Å². The first-order chi connectivity index (χ1) is 7.74. The van der Waals surface area contributed by atoms with Crippen LogP contribution >= 0.6 is 15.9 Å². The summed E-state index contributed by atoms with van der Waals surface area (Å²) in [6.07, 6.45) is 4.47. The molecular formula is C11H8BrNO3. The van der Waals surface area contributed by atoms with Crippen molar-refractivity contribution < 1.29 is 13.9 Å². The number of ether oxygens (including phenoxy) is 1. The summed E-state index contributed by atoms with van der Waals surface area (Å²) < 4.78 is 10.8. The summed E-state index contributed by atoms with van der Waals surface area (Å²) in [5, 5.41) is 0. The molecule has 2 aromatic heterocycles. The van der Waals surface area contributed by atoms with E-state index in [1.165, 1.54) is 25.8 Å². The van der Waals surface area contributed by atoms with Crippen molar-refractivity contribution in [1.82, 2.24) is 4.98 Å². The molecule has 82 valence electrons. The zero-order valence-electron chi connectivity index (χ0n) is 8.44. The van der Waals surface area contributed by atoms with Gasteiger partial charge in [-0.1, -0.05) is 0 Å². The Morgan fingerprint density at radius 1 is 1.50 bits per heavy atom. The predicted molar refractivity (Wildman–Crippen MR) is 60.6 cm³/mol. The van der Waals surface area contributed by atoms with Crippen molar-refractivity contribution in [3.8, 4) is 5.75 Å². The lowest BCUT2D eigenvalue weighted by molar-refractivity contribution is 0.100. The molecule has 0 bridgehead atoms. The van der Waals surface area contributed by atoms with Gasteiger partial charge in [0.1, 0.15) is 5.75 Å². The SMILES string of the molecule is COc1cnccc1C(=O)c1occc1Br. The van der Waals surface area contributed by atoms with E-state index in [0.717, 1.165) is 0 Å². The van der Waals surface area contributed by atoms with E-state index in [9.17, 15) is 4.79 Å². The number of ketones is 1. The second-order valence-electron chi connectivity index (χ2n) is 3.00. The lowest BCUT2D eigenvalue weighted by Crippen LogP contribution is -2.03. The fourth-order valence-corrected chi connectivity index (χ4v) is 1.69. The van der Waals surface area contributed by atoms with Crippen LogP contribution in [0.15, 0.2) is 39.7 Å². The molecule has 0 N–H and O–H groups in total. The van der Waals surface area contributed by atoms with Gasteiger partial charge in [-0.15, -0.1) is 0 Å². The van der Waals surface area contributed by atoms with E-state index in [4.69, 9.17) is 9.15 Å². The number of rotatable bonds is 3. The highest BCUT2D eigenvalue weighted by Crippen LogP contribution is 2.25. The van der Waals surface area contributed by atoms with E-state index in [1.54, 1.807) is 12.1 Å². The molecule has 0 spiro atoms. The Morgan fingerprint density at radius 3 is 2.94 bits per heavy atom. The van der Waals surface area contributed by atoms with Gasteiger partial charge < -0.3 is 9.15 Å². The van der Waals surface area contributed by atoms with Crippen LogP contribution in [0.4, 0.5) is 0 Å². The first-order valence-electron chi connectivity index (χ1n) is 4.49. The fraction of sp³-hybridized carbons (Fsp3) is 0.0909. The van der Waals surface area contributed by atoms with Crippen molar-refractivity contribution in [2.75, 3.05) is 7.11 Å². The van der Waals surface area contributed by atoms with Gasteiger partial charge in [-0.25, -0.2) is 0 Å². The Bertz CT molecular complexity index is 521. The standard InChI is InChI=1S/C11H8BrNO3/c1-15-9-6-13-4-2-7(9)10(14)11-8(12)3-5-16-11/h2-6H,1H3. The third-order valence-corrected chi connectivity index (χ3v) is 2.70. The summed E-state index contributed by atoms with van der Waals surface area (Å²) in [5.41, 5.74) is 0.424.